The molecule has 0 radical (unpaired) electrons. The molecule has 2 nitrogen and oxygen atoms in total. The van der Waals surface area contributed by atoms with E-state index in [0.29, 0.717) is 6.54 Å². The molecule has 0 bridgehead atoms. The van der Waals surface area contributed by atoms with Crippen LogP contribution in [0.25, 0.3) is 0 Å². The Bertz CT molecular complexity index is 566. The van der Waals surface area contributed by atoms with Crippen LogP contribution < -0.4 is 11.1 Å². The lowest BCUT2D eigenvalue weighted by Gasteiger charge is -2.21. The molecule has 19 heavy (non-hydrogen) atoms. The fourth-order valence-electron chi connectivity index (χ4n) is 2.26. The number of nitrogens with one attached hydrogen (secondary N) is 1. The number of halogens is 1. The Morgan fingerprint density at radius 1 is 1.16 bits per heavy atom. The second kappa shape index (κ2) is 6.09. The van der Waals surface area contributed by atoms with Gasteiger partial charge in [-0.15, -0.1) is 0 Å². The highest BCUT2D eigenvalue weighted by Crippen LogP contribution is 2.24. The fraction of sp³-hybridized carbons (Fsp3) is 0.250. The molecule has 0 heterocycles. The Balaban J connectivity index is 2.25. The first-order valence-electron chi connectivity index (χ1n) is 6.39. The number of hydrogen-bond donors (Lipinski definition) is 2. The first-order valence-corrected chi connectivity index (χ1v) is 6.77. The molecule has 0 aliphatic carbocycles. The van der Waals surface area contributed by atoms with Crippen molar-refractivity contribution in [1.29, 1.82) is 0 Å². The van der Waals surface area contributed by atoms with Gasteiger partial charge < -0.3 is 11.1 Å². The average Bonchev–Trinajstić information content (AvgIpc) is 2.37. The maximum absolute atomic E-state index is 6.00. The molecule has 1 atom stereocenters. The van der Waals surface area contributed by atoms with E-state index < -0.39 is 0 Å². The summed E-state index contributed by atoms with van der Waals surface area (Å²) in [6.45, 7) is 4.75. The molecular weight excluding hydrogens is 256 g/mol. The highest BCUT2D eigenvalue weighted by molar-refractivity contribution is 6.30. The zero-order valence-corrected chi connectivity index (χ0v) is 12.0. The van der Waals surface area contributed by atoms with Crippen molar-refractivity contribution in [2.24, 2.45) is 5.73 Å². The topological polar surface area (TPSA) is 38.0 Å². The summed E-state index contributed by atoms with van der Waals surface area (Å²) >= 11 is 6.00. The van der Waals surface area contributed by atoms with Crippen LogP contribution in [0.15, 0.2) is 42.5 Å². The molecule has 3 N–H and O–H groups in total. The third-order valence-corrected chi connectivity index (χ3v) is 3.44. The summed E-state index contributed by atoms with van der Waals surface area (Å²) in [5.74, 6) is 0. The molecule has 0 saturated carbocycles. The van der Waals surface area contributed by atoms with Crippen molar-refractivity contribution in [3.8, 4) is 0 Å². The highest BCUT2D eigenvalue weighted by Gasteiger charge is 2.12. The van der Waals surface area contributed by atoms with Gasteiger partial charge in [-0.3, -0.25) is 0 Å². The Labute approximate surface area is 119 Å². The number of anilines is 1. The monoisotopic (exact) mass is 274 g/mol. The number of rotatable bonds is 4. The van der Waals surface area contributed by atoms with Gasteiger partial charge in [0.05, 0.1) is 6.04 Å². The summed E-state index contributed by atoms with van der Waals surface area (Å²) in [6, 6.07) is 14.2. The summed E-state index contributed by atoms with van der Waals surface area (Å²) in [6.07, 6.45) is 0. The molecule has 100 valence electrons. The Hall–Kier alpha value is -1.51. The van der Waals surface area contributed by atoms with E-state index >= 15 is 0 Å². The SMILES string of the molecule is Cc1ccc(C(CN)Nc2cccc(Cl)c2)c(C)c1. The van der Waals surface area contributed by atoms with Crippen molar-refractivity contribution < 1.29 is 0 Å². The van der Waals surface area contributed by atoms with Gasteiger partial charge >= 0.3 is 0 Å². The zero-order chi connectivity index (χ0) is 13.8. The molecule has 0 aliphatic rings. The van der Waals surface area contributed by atoms with Crippen LogP contribution in [-0.4, -0.2) is 6.54 Å². The molecule has 2 aromatic rings. The third kappa shape index (κ3) is 3.49. The van der Waals surface area contributed by atoms with Crippen LogP contribution in [0.3, 0.4) is 0 Å². The quantitative estimate of drug-likeness (QED) is 0.882. The van der Waals surface area contributed by atoms with Gasteiger partial charge in [-0.05, 0) is 43.2 Å². The van der Waals surface area contributed by atoms with Crippen molar-refractivity contribution in [1.82, 2.24) is 0 Å². The number of benzene rings is 2. The van der Waals surface area contributed by atoms with Crippen molar-refractivity contribution in [2.75, 3.05) is 11.9 Å². The van der Waals surface area contributed by atoms with Crippen LogP contribution in [0.5, 0.6) is 0 Å². The van der Waals surface area contributed by atoms with Gasteiger partial charge in [0.1, 0.15) is 0 Å². The van der Waals surface area contributed by atoms with Crippen molar-refractivity contribution in [3.05, 3.63) is 64.2 Å². The van der Waals surface area contributed by atoms with Gasteiger partial charge in [0, 0.05) is 17.3 Å². The normalized spacial score (nSPS) is 12.2. The Morgan fingerprint density at radius 3 is 2.58 bits per heavy atom. The largest absolute Gasteiger partial charge is 0.377 e. The van der Waals surface area contributed by atoms with E-state index in [2.05, 4.69) is 37.4 Å². The average molecular weight is 275 g/mol. The van der Waals surface area contributed by atoms with Crippen LogP contribution >= 0.6 is 11.6 Å². The minimum atomic E-state index is 0.0964. The Morgan fingerprint density at radius 2 is 1.95 bits per heavy atom. The summed E-state index contributed by atoms with van der Waals surface area (Å²) in [7, 11) is 0. The molecule has 0 aliphatic heterocycles. The third-order valence-electron chi connectivity index (χ3n) is 3.20. The van der Waals surface area contributed by atoms with Crippen LogP contribution in [0.4, 0.5) is 5.69 Å². The lowest BCUT2D eigenvalue weighted by atomic mass is 9.99. The van der Waals surface area contributed by atoms with Gasteiger partial charge in [0.2, 0.25) is 0 Å². The number of nitrogens with two attached hydrogens (primary N) is 1. The molecule has 2 aromatic carbocycles. The number of hydrogen-bond acceptors (Lipinski definition) is 2. The molecule has 0 saturated heterocycles. The predicted octanol–water partition coefficient (Wildman–Crippen LogP) is 4.07. The van der Waals surface area contributed by atoms with Crippen molar-refractivity contribution in [3.63, 3.8) is 0 Å². The molecular formula is C16H19ClN2. The summed E-state index contributed by atoms with van der Waals surface area (Å²) in [4.78, 5) is 0. The summed E-state index contributed by atoms with van der Waals surface area (Å²) < 4.78 is 0. The van der Waals surface area contributed by atoms with E-state index in [1.54, 1.807) is 0 Å². The number of aryl methyl sites for hydroxylation is 2. The lowest BCUT2D eigenvalue weighted by molar-refractivity contribution is 0.783. The van der Waals surface area contributed by atoms with E-state index in [1.807, 2.05) is 24.3 Å². The van der Waals surface area contributed by atoms with Crippen LogP contribution in [0.2, 0.25) is 5.02 Å². The molecule has 3 heteroatoms. The standard InChI is InChI=1S/C16H19ClN2/c1-11-6-7-15(12(2)8-11)16(10-18)19-14-5-3-4-13(17)9-14/h3-9,16,19H,10,18H2,1-2H3. The first-order chi connectivity index (χ1) is 9.10. The molecule has 1 unspecified atom stereocenters. The van der Waals surface area contributed by atoms with E-state index in [1.165, 1.54) is 16.7 Å². The first kappa shape index (κ1) is 13.9. The zero-order valence-electron chi connectivity index (χ0n) is 11.3. The minimum absolute atomic E-state index is 0.0964. The van der Waals surface area contributed by atoms with Gasteiger partial charge in [-0.1, -0.05) is 41.4 Å². The minimum Gasteiger partial charge on any atom is -0.377 e. The molecule has 0 fully saturated rings. The van der Waals surface area contributed by atoms with E-state index in [9.17, 15) is 0 Å². The highest BCUT2D eigenvalue weighted by atomic mass is 35.5. The van der Waals surface area contributed by atoms with E-state index in [4.69, 9.17) is 17.3 Å². The molecule has 0 aromatic heterocycles. The van der Waals surface area contributed by atoms with E-state index in [-0.39, 0.29) is 6.04 Å². The fourth-order valence-corrected chi connectivity index (χ4v) is 2.45. The van der Waals surface area contributed by atoms with Gasteiger partial charge in [-0.2, -0.15) is 0 Å². The second-order valence-electron chi connectivity index (χ2n) is 4.80. The van der Waals surface area contributed by atoms with Crippen LogP contribution in [-0.2, 0) is 0 Å². The smallest absolute Gasteiger partial charge is 0.0638 e. The van der Waals surface area contributed by atoms with Crippen LogP contribution in [0.1, 0.15) is 22.7 Å². The van der Waals surface area contributed by atoms with E-state index in [0.717, 1.165) is 10.7 Å². The molecule has 0 amide bonds. The van der Waals surface area contributed by atoms with Crippen molar-refractivity contribution in [2.45, 2.75) is 19.9 Å². The lowest BCUT2D eigenvalue weighted by Crippen LogP contribution is -2.21. The second-order valence-corrected chi connectivity index (χ2v) is 5.24. The van der Waals surface area contributed by atoms with Crippen LogP contribution in [0, 0.1) is 13.8 Å². The van der Waals surface area contributed by atoms with Gasteiger partial charge in [0.25, 0.3) is 0 Å². The van der Waals surface area contributed by atoms with Gasteiger partial charge in [-0.25, -0.2) is 0 Å². The predicted molar refractivity (Wildman–Crippen MR) is 82.8 cm³/mol. The summed E-state index contributed by atoms with van der Waals surface area (Å²) in [5.41, 5.74) is 10.6. The maximum Gasteiger partial charge on any atom is 0.0638 e. The molecule has 2 rings (SSSR count). The Kier molecular flexibility index (Phi) is 4.46. The van der Waals surface area contributed by atoms with Gasteiger partial charge in [0.15, 0.2) is 0 Å². The van der Waals surface area contributed by atoms with Crippen molar-refractivity contribution >= 4 is 17.3 Å². The molecule has 0 spiro atoms. The maximum atomic E-state index is 6.00. The summed E-state index contributed by atoms with van der Waals surface area (Å²) in [5, 5.41) is 4.16.